The topological polar surface area (TPSA) is 122 Å². The van der Waals surface area contributed by atoms with Gasteiger partial charge < -0.3 is 9.84 Å². The molecule has 2 aromatic rings. The van der Waals surface area contributed by atoms with Gasteiger partial charge in [0.2, 0.25) is 9.92 Å². The molecule has 0 radical (unpaired) electrons. The van der Waals surface area contributed by atoms with Gasteiger partial charge in [-0.1, -0.05) is 27.7 Å². The van der Waals surface area contributed by atoms with Crippen LogP contribution in [-0.2, 0) is 38.1 Å². The number of carbonyl (C=O) groups is 2. The lowest BCUT2D eigenvalue weighted by Crippen LogP contribution is -2.19. The maximum atomic E-state index is 13.5. The number of thiazole rings is 1. The van der Waals surface area contributed by atoms with E-state index in [2.05, 4.69) is 19.1 Å². The second-order valence-corrected chi connectivity index (χ2v) is 12.3. The van der Waals surface area contributed by atoms with Gasteiger partial charge >= 0.3 is 5.97 Å². The number of benzene rings is 1. The van der Waals surface area contributed by atoms with Crippen LogP contribution in [0.2, 0.25) is 0 Å². The van der Waals surface area contributed by atoms with Crippen LogP contribution in [0.1, 0.15) is 91.0 Å². The van der Waals surface area contributed by atoms with E-state index in [1.54, 1.807) is 6.07 Å². The van der Waals surface area contributed by atoms with Gasteiger partial charge in [0.15, 0.2) is 0 Å². The molecule has 0 saturated carbocycles. The number of cyclic esters (lactones) is 1. The van der Waals surface area contributed by atoms with Crippen molar-refractivity contribution in [2.45, 2.75) is 76.2 Å². The van der Waals surface area contributed by atoms with Crippen LogP contribution < -0.4 is 4.83 Å². The second-order valence-electron chi connectivity index (χ2n) is 9.20. The second kappa shape index (κ2) is 9.44. The summed E-state index contributed by atoms with van der Waals surface area (Å²) in [7, 11) is -3.63. The summed E-state index contributed by atoms with van der Waals surface area (Å²) in [5, 5.41) is 10.5. The van der Waals surface area contributed by atoms with Crippen LogP contribution in [0.15, 0.2) is 20.8 Å². The third kappa shape index (κ3) is 4.99. The summed E-state index contributed by atoms with van der Waals surface area (Å²) in [4.78, 5) is 34.6. The SMILES string of the molecule is [C-]#[N+]NS(=O)(=NC(=O)Cc1c(C(C)C)cc2c(c1C(C)C)COC2=O)c1cnc(C(C)(C)O)s1. The Morgan fingerprint density at radius 3 is 2.59 bits per heavy atom. The molecule has 11 heteroatoms. The number of rotatable bonds is 7. The van der Waals surface area contributed by atoms with E-state index in [1.165, 1.54) is 20.0 Å². The van der Waals surface area contributed by atoms with E-state index in [1.807, 2.05) is 27.7 Å². The van der Waals surface area contributed by atoms with Crippen molar-refractivity contribution in [2.75, 3.05) is 0 Å². The molecule has 182 valence electrons. The van der Waals surface area contributed by atoms with Crippen LogP contribution in [0, 0.1) is 6.57 Å². The summed E-state index contributed by atoms with van der Waals surface area (Å²) in [5.74, 6) is -1.03. The average Bonchev–Trinajstić information content (AvgIpc) is 3.35. The van der Waals surface area contributed by atoms with Crippen molar-refractivity contribution in [2.24, 2.45) is 4.36 Å². The van der Waals surface area contributed by atoms with Crippen molar-refractivity contribution < 1.29 is 23.6 Å². The number of carbonyl (C=O) groups excluding carboxylic acids is 2. The summed E-state index contributed by atoms with van der Waals surface area (Å²) in [6.07, 6.45) is 1.11. The third-order valence-corrected chi connectivity index (χ3v) is 8.88. The number of aromatic nitrogens is 1. The molecule has 1 atom stereocenters. The van der Waals surface area contributed by atoms with Crippen LogP contribution in [0.5, 0.6) is 0 Å². The number of fused-ring (bicyclic) bond motifs is 1. The van der Waals surface area contributed by atoms with Crippen molar-refractivity contribution in [3.8, 4) is 0 Å². The van der Waals surface area contributed by atoms with Crippen molar-refractivity contribution in [1.29, 1.82) is 0 Å². The number of hydrogen-bond donors (Lipinski definition) is 2. The molecule has 1 aromatic heterocycles. The number of esters is 1. The molecular weight excluding hydrogens is 476 g/mol. The first-order valence-corrected chi connectivity index (χ1v) is 13.1. The minimum absolute atomic E-state index is 0.00584. The lowest BCUT2D eigenvalue weighted by molar-refractivity contribution is -0.117. The molecule has 9 nitrogen and oxygen atoms in total. The Kier molecular flexibility index (Phi) is 7.17. The standard InChI is InChI=1S/C23H28N4O5S2/c1-12(2)14-8-16-17(11-32-21(16)29)20(13(3)4)15(14)9-18(28)26-34(31,27-24-7)19-10-25-22(33-19)23(5,6)30/h8,10,12-13,30H,9,11H2,1-6H3,(H,26,27,28,31). The van der Waals surface area contributed by atoms with Crippen LogP contribution in [0.4, 0.5) is 0 Å². The maximum absolute atomic E-state index is 13.5. The summed E-state index contributed by atoms with van der Waals surface area (Å²) in [5.41, 5.74) is 2.45. The first-order valence-electron chi connectivity index (χ1n) is 10.8. The number of nitrogens with one attached hydrogen (secondary N) is 1. The van der Waals surface area contributed by atoms with Gasteiger partial charge in [-0.15, -0.1) is 15.7 Å². The molecule has 0 fully saturated rings. The molecule has 2 heterocycles. The Morgan fingerprint density at radius 2 is 2.06 bits per heavy atom. The number of hydrogen-bond acceptors (Lipinski definition) is 7. The van der Waals surface area contributed by atoms with Crippen molar-refractivity contribution in [3.05, 3.63) is 56.6 Å². The Morgan fingerprint density at radius 1 is 1.38 bits per heavy atom. The average molecular weight is 505 g/mol. The highest BCUT2D eigenvalue weighted by molar-refractivity contribution is 7.94. The van der Waals surface area contributed by atoms with Gasteiger partial charge in [0.25, 0.3) is 5.91 Å². The van der Waals surface area contributed by atoms with Crippen molar-refractivity contribution in [1.82, 2.24) is 9.82 Å². The summed E-state index contributed by atoms with van der Waals surface area (Å²) >= 11 is 0.925. The van der Waals surface area contributed by atoms with Crippen LogP contribution in [0.25, 0.3) is 4.95 Å². The monoisotopic (exact) mass is 504 g/mol. The summed E-state index contributed by atoms with van der Waals surface area (Å²) < 4.78 is 22.8. The van der Waals surface area contributed by atoms with E-state index in [0.29, 0.717) is 5.56 Å². The zero-order valence-electron chi connectivity index (χ0n) is 20.0. The number of nitrogens with zero attached hydrogens (tertiary/aromatic N) is 3. The maximum Gasteiger partial charge on any atom is 0.338 e. The molecule has 2 N–H and O–H groups in total. The van der Waals surface area contributed by atoms with Gasteiger partial charge in [-0.3, -0.25) is 4.79 Å². The fourth-order valence-corrected chi connectivity index (χ4v) is 6.40. The smallest absolute Gasteiger partial charge is 0.338 e. The fourth-order valence-electron chi connectivity index (χ4n) is 3.94. The van der Waals surface area contributed by atoms with Gasteiger partial charge in [0, 0.05) is 5.56 Å². The van der Waals surface area contributed by atoms with Gasteiger partial charge in [-0.2, -0.15) is 11.5 Å². The van der Waals surface area contributed by atoms with Crippen molar-refractivity contribution in [3.63, 3.8) is 0 Å². The van der Waals surface area contributed by atoms with Crippen LogP contribution in [0.3, 0.4) is 0 Å². The van der Waals surface area contributed by atoms with E-state index in [0.717, 1.165) is 33.6 Å². The predicted molar refractivity (Wildman–Crippen MR) is 128 cm³/mol. The lowest BCUT2D eigenvalue weighted by atomic mass is 9.82. The fraction of sp³-hybridized carbons (Fsp3) is 0.478. The minimum atomic E-state index is -3.63. The van der Waals surface area contributed by atoms with Crippen molar-refractivity contribution >= 4 is 33.1 Å². The molecular formula is C23H28N4O5S2. The molecule has 1 aliphatic heterocycles. The first-order chi connectivity index (χ1) is 15.8. The highest BCUT2D eigenvalue weighted by Gasteiger charge is 2.31. The zero-order valence-corrected chi connectivity index (χ0v) is 21.6. The summed E-state index contributed by atoms with van der Waals surface area (Å²) in [6, 6.07) is 1.78. The molecule has 0 spiro atoms. The van der Waals surface area contributed by atoms with Crippen LogP contribution >= 0.6 is 11.3 Å². The highest BCUT2D eigenvalue weighted by Crippen LogP contribution is 2.37. The number of ether oxygens (including phenoxy) is 1. The highest BCUT2D eigenvalue weighted by atomic mass is 32.2. The quantitative estimate of drug-likeness (QED) is 0.331. The minimum Gasteiger partial charge on any atom is -0.457 e. The van der Waals surface area contributed by atoms with E-state index in [9.17, 15) is 18.9 Å². The normalized spacial score (nSPS) is 15.0. The van der Waals surface area contributed by atoms with E-state index in [-0.39, 0.29) is 40.0 Å². The predicted octanol–water partition coefficient (Wildman–Crippen LogP) is 4.22. The molecule has 1 aromatic carbocycles. The molecule has 0 saturated heterocycles. The largest absolute Gasteiger partial charge is 0.457 e. The molecule has 0 aliphatic carbocycles. The molecule has 1 aliphatic rings. The Hall–Kier alpha value is -2.81. The van der Waals surface area contributed by atoms with Gasteiger partial charge in [0.1, 0.15) is 21.4 Å². The van der Waals surface area contributed by atoms with Crippen LogP contribution in [-0.4, -0.2) is 26.2 Å². The van der Waals surface area contributed by atoms with Gasteiger partial charge in [-0.25, -0.2) is 14.0 Å². The molecule has 34 heavy (non-hydrogen) atoms. The zero-order chi connectivity index (χ0) is 25.4. The van der Waals surface area contributed by atoms with E-state index in [4.69, 9.17) is 11.3 Å². The first kappa shape index (κ1) is 25.8. The van der Waals surface area contributed by atoms with E-state index >= 15 is 0 Å². The van der Waals surface area contributed by atoms with Gasteiger partial charge in [0.05, 0.1) is 18.2 Å². The number of amides is 1. The number of aliphatic hydroxyl groups is 1. The molecule has 1 amide bonds. The Balaban J connectivity index is 2.11. The third-order valence-electron chi connectivity index (χ3n) is 5.40. The van der Waals surface area contributed by atoms with Gasteiger partial charge in [-0.05, 0) is 53.3 Å². The molecule has 3 rings (SSSR count). The Bertz CT molecular complexity index is 1310. The van der Waals surface area contributed by atoms with E-state index < -0.39 is 21.4 Å². The summed E-state index contributed by atoms with van der Waals surface area (Å²) in [6.45, 7) is 18.2. The molecule has 0 bridgehead atoms. The lowest BCUT2D eigenvalue weighted by Gasteiger charge is -2.21. The Labute approximate surface area is 203 Å². The molecule has 1 unspecified atom stereocenters.